The predicted molar refractivity (Wildman–Crippen MR) is 83.3 cm³/mol. The van der Waals surface area contributed by atoms with Gasteiger partial charge in [-0.05, 0) is 50.1 Å². The van der Waals surface area contributed by atoms with Gasteiger partial charge in [-0.2, -0.15) is 4.98 Å². The first kappa shape index (κ1) is 14.1. The number of aromatic nitrogens is 2. The van der Waals surface area contributed by atoms with Crippen LogP contribution in [0.2, 0.25) is 0 Å². The first-order chi connectivity index (χ1) is 9.13. The van der Waals surface area contributed by atoms with E-state index in [1.807, 2.05) is 18.2 Å². The standard InChI is InChI=1S/C12H12Br2N4O/c1-15-12-16-6-9(14)11(18-12)17-7-3-4-10(19-2)8(13)5-7/h3-6H,1-2H3,(H2,15,16,17,18). The minimum Gasteiger partial charge on any atom is -0.496 e. The third kappa shape index (κ3) is 3.36. The summed E-state index contributed by atoms with van der Waals surface area (Å²) in [5.41, 5.74) is 0.897. The quantitative estimate of drug-likeness (QED) is 0.835. The molecule has 2 aromatic rings. The molecular formula is C12H12Br2N4O. The molecule has 1 heterocycles. The zero-order valence-corrected chi connectivity index (χ0v) is 13.5. The maximum atomic E-state index is 5.19. The van der Waals surface area contributed by atoms with Crippen LogP contribution in [-0.4, -0.2) is 24.1 Å². The number of hydrogen-bond donors (Lipinski definition) is 2. The number of nitrogens with zero attached hydrogens (tertiary/aromatic N) is 2. The van der Waals surface area contributed by atoms with Crippen molar-refractivity contribution in [3.63, 3.8) is 0 Å². The van der Waals surface area contributed by atoms with Crippen molar-refractivity contribution in [1.29, 1.82) is 0 Å². The number of hydrogen-bond acceptors (Lipinski definition) is 5. The first-order valence-corrected chi connectivity index (χ1v) is 7.03. The summed E-state index contributed by atoms with van der Waals surface area (Å²) in [5, 5.41) is 6.11. The molecule has 19 heavy (non-hydrogen) atoms. The Kier molecular flexibility index (Phi) is 4.60. The molecule has 0 aliphatic carbocycles. The van der Waals surface area contributed by atoms with Gasteiger partial charge in [-0.25, -0.2) is 4.98 Å². The Morgan fingerprint density at radius 3 is 2.63 bits per heavy atom. The molecule has 5 nitrogen and oxygen atoms in total. The van der Waals surface area contributed by atoms with Crippen LogP contribution in [-0.2, 0) is 0 Å². The van der Waals surface area contributed by atoms with Gasteiger partial charge in [0.2, 0.25) is 5.95 Å². The first-order valence-electron chi connectivity index (χ1n) is 5.45. The summed E-state index contributed by atoms with van der Waals surface area (Å²) in [5.74, 6) is 2.03. The second kappa shape index (κ2) is 6.21. The Morgan fingerprint density at radius 1 is 1.21 bits per heavy atom. The van der Waals surface area contributed by atoms with Gasteiger partial charge in [-0.1, -0.05) is 0 Å². The van der Waals surface area contributed by atoms with Crippen molar-refractivity contribution >= 4 is 49.3 Å². The third-order valence-corrected chi connectivity index (χ3v) is 3.58. The molecule has 0 unspecified atom stereocenters. The molecule has 0 saturated heterocycles. The minimum atomic E-state index is 0.554. The summed E-state index contributed by atoms with van der Waals surface area (Å²) in [6.45, 7) is 0. The molecule has 7 heteroatoms. The molecule has 100 valence electrons. The van der Waals surface area contributed by atoms with Crippen LogP contribution in [0.1, 0.15) is 0 Å². The Balaban J connectivity index is 2.28. The molecule has 0 bridgehead atoms. The molecule has 0 radical (unpaired) electrons. The molecule has 0 spiro atoms. The fourth-order valence-corrected chi connectivity index (χ4v) is 2.29. The van der Waals surface area contributed by atoms with Gasteiger partial charge in [-0.15, -0.1) is 0 Å². The van der Waals surface area contributed by atoms with Gasteiger partial charge in [0, 0.05) is 18.9 Å². The number of rotatable bonds is 4. The highest BCUT2D eigenvalue weighted by Gasteiger charge is 2.06. The Bertz CT molecular complexity index is 592. The number of methoxy groups -OCH3 is 1. The van der Waals surface area contributed by atoms with Gasteiger partial charge in [0.05, 0.1) is 16.1 Å². The van der Waals surface area contributed by atoms with Gasteiger partial charge in [0.15, 0.2) is 0 Å². The summed E-state index contributed by atoms with van der Waals surface area (Å²) in [4.78, 5) is 8.44. The summed E-state index contributed by atoms with van der Waals surface area (Å²) < 4.78 is 6.86. The summed E-state index contributed by atoms with van der Waals surface area (Å²) in [6.07, 6.45) is 1.69. The summed E-state index contributed by atoms with van der Waals surface area (Å²) in [7, 11) is 3.41. The van der Waals surface area contributed by atoms with Crippen molar-refractivity contribution in [1.82, 2.24) is 9.97 Å². The van der Waals surface area contributed by atoms with Gasteiger partial charge in [-0.3, -0.25) is 0 Å². The number of halogens is 2. The van der Waals surface area contributed by atoms with E-state index in [-0.39, 0.29) is 0 Å². The van der Waals surface area contributed by atoms with Crippen LogP contribution < -0.4 is 15.4 Å². The van der Waals surface area contributed by atoms with Crippen LogP contribution in [0, 0.1) is 0 Å². The van der Waals surface area contributed by atoms with Crippen LogP contribution in [0.5, 0.6) is 5.75 Å². The molecule has 2 N–H and O–H groups in total. The molecule has 0 saturated carbocycles. The molecule has 0 amide bonds. The minimum absolute atomic E-state index is 0.554. The van der Waals surface area contributed by atoms with Crippen LogP contribution >= 0.6 is 31.9 Å². The van der Waals surface area contributed by atoms with Gasteiger partial charge < -0.3 is 15.4 Å². The Morgan fingerprint density at radius 2 is 2.00 bits per heavy atom. The molecule has 0 aliphatic heterocycles. The van der Waals surface area contributed by atoms with Crippen molar-refractivity contribution in [3.8, 4) is 5.75 Å². The molecule has 1 aromatic heterocycles. The Hall–Kier alpha value is -1.34. The van der Waals surface area contributed by atoms with E-state index in [2.05, 4.69) is 52.5 Å². The fraction of sp³-hybridized carbons (Fsp3) is 0.167. The second-order valence-corrected chi connectivity index (χ2v) is 5.32. The van der Waals surface area contributed by atoms with Crippen molar-refractivity contribution in [2.75, 3.05) is 24.8 Å². The average molecular weight is 388 g/mol. The number of anilines is 3. The lowest BCUT2D eigenvalue weighted by Crippen LogP contribution is -2.01. The molecule has 0 atom stereocenters. The van der Waals surface area contributed by atoms with Crippen LogP contribution in [0.25, 0.3) is 0 Å². The zero-order valence-electron chi connectivity index (χ0n) is 10.4. The van der Waals surface area contributed by atoms with E-state index in [4.69, 9.17) is 4.74 Å². The number of nitrogens with one attached hydrogen (secondary N) is 2. The van der Waals surface area contributed by atoms with Gasteiger partial charge in [0.1, 0.15) is 11.6 Å². The smallest absolute Gasteiger partial charge is 0.224 e. The maximum Gasteiger partial charge on any atom is 0.224 e. The topological polar surface area (TPSA) is 59.1 Å². The normalized spacial score (nSPS) is 10.1. The van der Waals surface area contributed by atoms with Crippen LogP contribution in [0.15, 0.2) is 33.3 Å². The van der Waals surface area contributed by atoms with E-state index in [0.29, 0.717) is 11.8 Å². The van der Waals surface area contributed by atoms with E-state index in [9.17, 15) is 0 Å². The van der Waals surface area contributed by atoms with Gasteiger partial charge in [0.25, 0.3) is 0 Å². The highest BCUT2D eigenvalue weighted by Crippen LogP contribution is 2.30. The van der Waals surface area contributed by atoms with E-state index in [0.717, 1.165) is 20.4 Å². The van der Waals surface area contributed by atoms with Crippen LogP contribution in [0.3, 0.4) is 0 Å². The lowest BCUT2D eigenvalue weighted by molar-refractivity contribution is 0.412. The molecule has 2 rings (SSSR count). The maximum absolute atomic E-state index is 5.19. The molecule has 0 aliphatic rings. The second-order valence-electron chi connectivity index (χ2n) is 3.61. The molecule has 1 aromatic carbocycles. The molecular weight excluding hydrogens is 376 g/mol. The highest BCUT2D eigenvalue weighted by molar-refractivity contribution is 9.11. The number of benzene rings is 1. The molecule has 0 fully saturated rings. The number of ether oxygens (including phenoxy) is 1. The predicted octanol–water partition coefficient (Wildman–Crippen LogP) is 3.80. The van der Waals surface area contributed by atoms with Crippen molar-refractivity contribution in [2.24, 2.45) is 0 Å². The van der Waals surface area contributed by atoms with Gasteiger partial charge >= 0.3 is 0 Å². The van der Waals surface area contributed by atoms with E-state index in [1.165, 1.54) is 0 Å². The third-order valence-electron chi connectivity index (χ3n) is 2.38. The summed E-state index contributed by atoms with van der Waals surface area (Å²) in [6, 6.07) is 5.71. The van der Waals surface area contributed by atoms with Crippen molar-refractivity contribution < 1.29 is 4.74 Å². The van der Waals surface area contributed by atoms with Crippen molar-refractivity contribution in [3.05, 3.63) is 33.3 Å². The average Bonchev–Trinajstić information content (AvgIpc) is 2.41. The fourth-order valence-electron chi connectivity index (χ4n) is 1.46. The largest absolute Gasteiger partial charge is 0.496 e. The van der Waals surface area contributed by atoms with E-state index >= 15 is 0 Å². The van der Waals surface area contributed by atoms with E-state index in [1.54, 1.807) is 20.4 Å². The Labute approximate surface area is 128 Å². The zero-order chi connectivity index (χ0) is 13.8. The highest BCUT2D eigenvalue weighted by atomic mass is 79.9. The lowest BCUT2D eigenvalue weighted by Gasteiger charge is -2.10. The van der Waals surface area contributed by atoms with E-state index < -0.39 is 0 Å². The summed E-state index contributed by atoms with van der Waals surface area (Å²) >= 11 is 6.86. The SMILES string of the molecule is CNc1ncc(Br)c(Nc2ccc(OC)c(Br)c2)n1. The van der Waals surface area contributed by atoms with Crippen molar-refractivity contribution in [2.45, 2.75) is 0 Å². The van der Waals surface area contributed by atoms with Crippen LogP contribution in [0.4, 0.5) is 17.5 Å². The monoisotopic (exact) mass is 386 g/mol. The lowest BCUT2D eigenvalue weighted by atomic mass is 10.3.